The lowest BCUT2D eigenvalue weighted by Crippen LogP contribution is -2.02. The van der Waals surface area contributed by atoms with E-state index in [1.807, 2.05) is 24.5 Å². The van der Waals surface area contributed by atoms with Crippen LogP contribution in [0.15, 0.2) is 55.0 Å². The Balaban J connectivity index is 1.88. The first-order valence-corrected chi connectivity index (χ1v) is 6.32. The molecule has 0 fully saturated rings. The first-order chi connectivity index (χ1) is 9.34. The van der Waals surface area contributed by atoms with Gasteiger partial charge in [-0.1, -0.05) is 24.3 Å². The van der Waals surface area contributed by atoms with Gasteiger partial charge in [-0.3, -0.25) is 9.97 Å². The van der Waals surface area contributed by atoms with Gasteiger partial charge in [-0.25, -0.2) is 0 Å². The van der Waals surface area contributed by atoms with E-state index in [4.69, 9.17) is 0 Å². The molecule has 94 valence electrons. The van der Waals surface area contributed by atoms with Crippen molar-refractivity contribution in [1.29, 1.82) is 0 Å². The van der Waals surface area contributed by atoms with Crippen LogP contribution in [0.25, 0.3) is 10.9 Å². The molecule has 19 heavy (non-hydrogen) atoms. The molecule has 0 aliphatic rings. The predicted molar refractivity (Wildman–Crippen MR) is 78.0 cm³/mol. The monoisotopic (exact) mass is 249 g/mol. The lowest BCUT2D eigenvalue weighted by atomic mass is 10.1. The highest BCUT2D eigenvalue weighted by Crippen LogP contribution is 2.18. The van der Waals surface area contributed by atoms with E-state index in [1.165, 1.54) is 16.5 Å². The number of rotatable bonds is 3. The van der Waals surface area contributed by atoms with Crippen LogP contribution in [0.2, 0.25) is 0 Å². The molecule has 3 rings (SSSR count). The average molecular weight is 249 g/mol. The summed E-state index contributed by atoms with van der Waals surface area (Å²) in [5.74, 6) is 0. The van der Waals surface area contributed by atoms with Crippen LogP contribution >= 0.6 is 0 Å². The zero-order valence-corrected chi connectivity index (χ0v) is 10.8. The highest BCUT2D eigenvalue weighted by molar-refractivity contribution is 5.81. The number of para-hydroxylation sites is 1. The zero-order valence-electron chi connectivity index (χ0n) is 10.8. The summed E-state index contributed by atoms with van der Waals surface area (Å²) in [5.41, 5.74) is 4.51. The normalized spacial score (nSPS) is 10.6. The molecule has 0 aliphatic carbocycles. The number of fused-ring (bicyclic) bond motifs is 1. The Morgan fingerprint density at radius 3 is 2.84 bits per heavy atom. The number of hydrogen-bond acceptors (Lipinski definition) is 3. The maximum atomic E-state index is 4.46. The Labute approximate surface area is 112 Å². The lowest BCUT2D eigenvalue weighted by molar-refractivity contribution is 1.13. The van der Waals surface area contributed by atoms with E-state index in [0.29, 0.717) is 0 Å². The van der Waals surface area contributed by atoms with Crippen molar-refractivity contribution >= 4 is 16.6 Å². The summed E-state index contributed by atoms with van der Waals surface area (Å²) >= 11 is 0. The maximum absolute atomic E-state index is 4.46. The second kappa shape index (κ2) is 5.06. The van der Waals surface area contributed by atoms with Crippen molar-refractivity contribution in [3.8, 4) is 0 Å². The van der Waals surface area contributed by atoms with Crippen LogP contribution in [0.5, 0.6) is 0 Å². The fourth-order valence-electron chi connectivity index (χ4n) is 2.15. The highest BCUT2D eigenvalue weighted by atomic mass is 14.9. The average Bonchev–Trinajstić information content (AvgIpc) is 2.46. The summed E-state index contributed by atoms with van der Waals surface area (Å²) in [7, 11) is 0. The van der Waals surface area contributed by atoms with Crippen molar-refractivity contribution in [2.45, 2.75) is 13.5 Å². The summed E-state index contributed by atoms with van der Waals surface area (Å²) in [6, 6.07) is 12.3. The number of nitrogens with zero attached hydrogens (tertiary/aromatic N) is 2. The molecule has 3 nitrogen and oxygen atoms in total. The Hall–Kier alpha value is -2.42. The fourth-order valence-corrected chi connectivity index (χ4v) is 2.15. The van der Waals surface area contributed by atoms with Crippen LogP contribution in [0.1, 0.15) is 11.1 Å². The number of pyridine rings is 2. The number of aryl methyl sites for hydroxylation is 1. The summed E-state index contributed by atoms with van der Waals surface area (Å²) in [5, 5.41) is 4.59. The summed E-state index contributed by atoms with van der Waals surface area (Å²) in [6.45, 7) is 2.83. The van der Waals surface area contributed by atoms with Gasteiger partial charge in [0.25, 0.3) is 0 Å². The Morgan fingerprint density at radius 2 is 1.95 bits per heavy atom. The molecule has 0 spiro atoms. The molecular weight excluding hydrogens is 234 g/mol. The smallest absolute Gasteiger partial charge is 0.0751 e. The van der Waals surface area contributed by atoms with Crippen LogP contribution < -0.4 is 5.32 Å². The zero-order chi connectivity index (χ0) is 13.1. The van der Waals surface area contributed by atoms with Gasteiger partial charge >= 0.3 is 0 Å². The van der Waals surface area contributed by atoms with E-state index in [1.54, 1.807) is 6.20 Å². The van der Waals surface area contributed by atoms with Crippen molar-refractivity contribution in [3.63, 3.8) is 0 Å². The fraction of sp³-hybridized carbons (Fsp3) is 0.125. The van der Waals surface area contributed by atoms with Crippen LogP contribution in [0.3, 0.4) is 0 Å². The van der Waals surface area contributed by atoms with Crippen molar-refractivity contribution in [3.05, 3.63) is 66.1 Å². The molecule has 0 bridgehead atoms. The van der Waals surface area contributed by atoms with Gasteiger partial charge in [0, 0.05) is 24.3 Å². The third-order valence-corrected chi connectivity index (χ3v) is 3.22. The molecule has 3 aromatic rings. The third-order valence-electron chi connectivity index (χ3n) is 3.22. The van der Waals surface area contributed by atoms with E-state index < -0.39 is 0 Å². The van der Waals surface area contributed by atoms with E-state index in [0.717, 1.165) is 17.7 Å². The van der Waals surface area contributed by atoms with E-state index >= 15 is 0 Å². The van der Waals surface area contributed by atoms with Gasteiger partial charge < -0.3 is 5.32 Å². The van der Waals surface area contributed by atoms with Gasteiger partial charge in [0.15, 0.2) is 0 Å². The Bertz CT molecular complexity index is 702. The molecule has 2 aromatic heterocycles. The van der Waals surface area contributed by atoms with Crippen molar-refractivity contribution in [2.75, 3.05) is 5.32 Å². The van der Waals surface area contributed by atoms with E-state index in [2.05, 4.69) is 46.5 Å². The molecule has 2 heterocycles. The number of aromatic nitrogens is 2. The SMILES string of the molecule is Cc1ccncc1NCc1cccc2cccnc12. The number of nitrogens with one attached hydrogen (secondary N) is 1. The molecule has 0 saturated heterocycles. The van der Waals surface area contributed by atoms with Crippen LogP contribution in [-0.2, 0) is 6.54 Å². The predicted octanol–water partition coefficient (Wildman–Crippen LogP) is 3.55. The first-order valence-electron chi connectivity index (χ1n) is 6.32. The van der Waals surface area contributed by atoms with Gasteiger partial charge in [0.05, 0.1) is 17.4 Å². The molecule has 3 heteroatoms. The summed E-state index contributed by atoms with van der Waals surface area (Å²) in [4.78, 5) is 8.60. The number of hydrogen-bond donors (Lipinski definition) is 1. The molecule has 1 N–H and O–H groups in total. The largest absolute Gasteiger partial charge is 0.379 e. The number of benzene rings is 1. The summed E-state index contributed by atoms with van der Waals surface area (Å²) < 4.78 is 0. The van der Waals surface area contributed by atoms with Gasteiger partial charge in [-0.05, 0) is 30.2 Å². The minimum atomic E-state index is 0.751. The van der Waals surface area contributed by atoms with Crippen molar-refractivity contribution in [1.82, 2.24) is 9.97 Å². The molecular formula is C16H15N3. The second-order valence-corrected chi connectivity index (χ2v) is 4.54. The van der Waals surface area contributed by atoms with Gasteiger partial charge in [0.1, 0.15) is 0 Å². The third kappa shape index (κ3) is 2.40. The first kappa shape index (κ1) is 11.7. The highest BCUT2D eigenvalue weighted by Gasteiger charge is 2.02. The quantitative estimate of drug-likeness (QED) is 0.771. The molecule has 0 radical (unpaired) electrons. The summed E-state index contributed by atoms with van der Waals surface area (Å²) in [6.07, 6.45) is 5.50. The van der Waals surface area contributed by atoms with Crippen LogP contribution in [-0.4, -0.2) is 9.97 Å². The van der Waals surface area contributed by atoms with Crippen LogP contribution in [0, 0.1) is 6.92 Å². The molecule has 1 aromatic carbocycles. The van der Waals surface area contributed by atoms with Crippen molar-refractivity contribution in [2.24, 2.45) is 0 Å². The lowest BCUT2D eigenvalue weighted by Gasteiger charge is -2.10. The Morgan fingerprint density at radius 1 is 1.05 bits per heavy atom. The van der Waals surface area contributed by atoms with Gasteiger partial charge in [-0.2, -0.15) is 0 Å². The standard InChI is InChI=1S/C16H15N3/c1-12-7-9-17-11-15(12)19-10-14-5-2-4-13-6-3-8-18-16(13)14/h2-9,11,19H,10H2,1H3. The van der Waals surface area contributed by atoms with Crippen LogP contribution in [0.4, 0.5) is 5.69 Å². The van der Waals surface area contributed by atoms with E-state index in [-0.39, 0.29) is 0 Å². The minimum absolute atomic E-state index is 0.751. The topological polar surface area (TPSA) is 37.8 Å². The molecule has 0 saturated carbocycles. The molecule has 0 unspecified atom stereocenters. The molecule has 0 aliphatic heterocycles. The van der Waals surface area contributed by atoms with E-state index in [9.17, 15) is 0 Å². The van der Waals surface area contributed by atoms with Crippen molar-refractivity contribution < 1.29 is 0 Å². The van der Waals surface area contributed by atoms with Gasteiger partial charge in [0.2, 0.25) is 0 Å². The molecule has 0 amide bonds. The Kier molecular flexibility index (Phi) is 3.11. The van der Waals surface area contributed by atoms with Gasteiger partial charge in [-0.15, -0.1) is 0 Å². The maximum Gasteiger partial charge on any atom is 0.0751 e. The minimum Gasteiger partial charge on any atom is -0.379 e. The molecule has 0 atom stereocenters. The second-order valence-electron chi connectivity index (χ2n) is 4.54. The number of anilines is 1.